The molecule has 276 valence electrons. The van der Waals surface area contributed by atoms with Gasteiger partial charge in [-0.25, -0.2) is 0 Å². The van der Waals surface area contributed by atoms with Crippen LogP contribution in [0.3, 0.4) is 0 Å². The molecule has 0 radical (unpaired) electrons. The topological polar surface area (TPSA) is 72.9 Å². The van der Waals surface area contributed by atoms with Gasteiger partial charge in [0, 0.05) is 25.7 Å². The third-order valence-corrected chi connectivity index (χ3v) is 10.2. The Morgan fingerprint density at radius 3 is 1.98 bits per heavy atom. The fourth-order valence-electron chi connectivity index (χ4n) is 7.68. The standard InChI is InChI=1S/C41H77NO5/c1-8-20-36-31-35(4)32-41(5,33-36)28-26-37(43)21-15-11-9-12-16-22-38(47-40(45)25-19-29-42(6)7)23-17-13-10-14-18-24-39(44)46-30-27-34(2)3/h34-36,38H,8-33H2,1-7H3. The number of carbonyl (C=O) groups is 3. The normalized spacial score (nSPS) is 20.4. The third-order valence-electron chi connectivity index (χ3n) is 10.2. The molecule has 0 spiro atoms. The van der Waals surface area contributed by atoms with Gasteiger partial charge in [-0.2, -0.15) is 0 Å². The van der Waals surface area contributed by atoms with E-state index in [1.54, 1.807) is 0 Å². The minimum Gasteiger partial charge on any atom is -0.466 e. The Morgan fingerprint density at radius 1 is 0.766 bits per heavy atom. The highest BCUT2D eigenvalue weighted by molar-refractivity contribution is 5.78. The molecule has 6 nitrogen and oxygen atoms in total. The summed E-state index contributed by atoms with van der Waals surface area (Å²) in [4.78, 5) is 39.2. The SMILES string of the molecule is CCCC1CC(C)CC(C)(CCC(=O)CCCCCCCC(CCCCCCCC(=O)OCCC(C)C)OC(=O)CCCN(C)C)C1. The van der Waals surface area contributed by atoms with E-state index in [2.05, 4.69) is 39.5 Å². The smallest absolute Gasteiger partial charge is 0.306 e. The molecular weight excluding hydrogens is 586 g/mol. The van der Waals surface area contributed by atoms with Crippen LogP contribution >= 0.6 is 0 Å². The highest BCUT2D eigenvalue weighted by atomic mass is 16.5. The second-order valence-corrected chi connectivity index (χ2v) is 16.3. The molecule has 0 amide bonds. The number of ether oxygens (including phenoxy) is 2. The Kier molecular flexibility index (Phi) is 24.5. The van der Waals surface area contributed by atoms with Crippen molar-refractivity contribution in [2.75, 3.05) is 27.2 Å². The molecular formula is C41H77NO5. The molecule has 0 bridgehead atoms. The number of Topliss-reactive ketones (excluding diaryl/α,β-unsaturated/α-hetero) is 1. The minimum absolute atomic E-state index is 0.000151. The zero-order valence-corrected chi connectivity index (χ0v) is 32.2. The van der Waals surface area contributed by atoms with Gasteiger partial charge in [0.25, 0.3) is 0 Å². The summed E-state index contributed by atoms with van der Waals surface area (Å²) in [5.74, 6) is 2.52. The quantitative estimate of drug-likeness (QED) is 0.0586. The average molecular weight is 664 g/mol. The average Bonchev–Trinajstić information content (AvgIpc) is 2.98. The molecule has 0 aliphatic heterocycles. The molecule has 0 aromatic carbocycles. The maximum absolute atomic E-state index is 12.7. The van der Waals surface area contributed by atoms with E-state index in [9.17, 15) is 14.4 Å². The van der Waals surface area contributed by atoms with Crippen LogP contribution in [0.15, 0.2) is 0 Å². The van der Waals surface area contributed by atoms with Crippen LogP contribution in [0.5, 0.6) is 0 Å². The number of ketones is 1. The first-order valence-corrected chi connectivity index (χ1v) is 19.9. The summed E-state index contributed by atoms with van der Waals surface area (Å²) in [6.45, 7) is 12.8. The van der Waals surface area contributed by atoms with Gasteiger partial charge in [-0.3, -0.25) is 14.4 Å². The van der Waals surface area contributed by atoms with E-state index < -0.39 is 0 Å². The minimum atomic E-state index is -0.0716. The molecule has 0 aromatic heterocycles. The summed E-state index contributed by atoms with van der Waals surface area (Å²) in [5, 5.41) is 0. The van der Waals surface area contributed by atoms with Crippen molar-refractivity contribution in [3.05, 3.63) is 0 Å². The molecule has 1 saturated carbocycles. The lowest BCUT2D eigenvalue weighted by Crippen LogP contribution is -2.30. The number of carbonyl (C=O) groups excluding carboxylic acids is 3. The second kappa shape index (κ2) is 26.4. The third kappa shape index (κ3) is 24.4. The lowest BCUT2D eigenvalue weighted by atomic mass is 9.64. The van der Waals surface area contributed by atoms with E-state index in [1.807, 2.05) is 14.1 Å². The van der Waals surface area contributed by atoms with Crippen LogP contribution in [-0.2, 0) is 23.9 Å². The number of hydrogen-bond acceptors (Lipinski definition) is 6. The summed E-state index contributed by atoms with van der Waals surface area (Å²) < 4.78 is 11.3. The summed E-state index contributed by atoms with van der Waals surface area (Å²) in [5.41, 5.74) is 0.349. The van der Waals surface area contributed by atoms with Gasteiger partial charge in [0.15, 0.2) is 0 Å². The van der Waals surface area contributed by atoms with Crippen LogP contribution in [0, 0.1) is 23.2 Å². The van der Waals surface area contributed by atoms with Gasteiger partial charge >= 0.3 is 11.9 Å². The van der Waals surface area contributed by atoms with E-state index in [4.69, 9.17) is 9.47 Å². The summed E-state index contributed by atoms with van der Waals surface area (Å²) >= 11 is 0. The van der Waals surface area contributed by atoms with E-state index in [0.29, 0.717) is 36.6 Å². The predicted octanol–water partition coefficient (Wildman–Crippen LogP) is 10.9. The van der Waals surface area contributed by atoms with E-state index in [-0.39, 0.29) is 18.0 Å². The van der Waals surface area contributed by atoms with Gasteiger partial charge in [0.1, 0.15) is 11.9 Å². The maximum Gasteiger partial charge on any atom is 0.306 e. The Balaban J connectivity index is 2.27. The van der Waals surface area contributed by atoms with E-state index in [1.165, 1.54) is 32.1 Å². The fourth-order valence-corrected chi connectivity index (χ4v) is 7.68. The number of esters is 2. The van der Waals surface area contributed by atoms with Crippen LogP contribution < -0.4 is 0 Å². The van der Waals surface area contributed by atoms with Crippen molar-refractivity contribution in [3.8, 4) is 0 Å². The highest BCUT2D eigenvalue weighted by Crippen LogP contribution is 2.46. The maximum atomic E-state index is 12.7. The van der Waals surface area contributed by atoms with E-state index in [0.717, 1.165) is 128 Å². The molecule has 4 unspecified atom stereocenters. The zero-order chi connectivity index (χ0) is 34.9. The largest absolute Gasteiger partial charge is 0.466 e. The molecule has 0 N–H and O–H groups in total. The lowest BCUT2D eigenvalue weighted by Gasteiger charge is -2.41. The van der Waals surface area contributed by atoms with Crippen molar-refractivity contribution in [1.82, 2.24) is 4.90 Å². The monoisotopic (exact) mass is 664 g/mol. The first-order valence-electron chi connectivity index (χ1n) is 19.9. The molecule has 0 heterocycles. The van der Waals surface area contributed by atoms with Gasteiger partial charge in [0.2, 0.25) is 0 Å². The molecule has 0 aromatic rings. The molecule has 0 saturated heterocycles. The van der Waals surface area contributed by atoms with Gasteiger partial charge < -0.3 is 14.4 Å². The molecule has 1 fully saturated rings. The fraction of sp³-hybridized carbons (Fsp3) is 0.927. The molecule has 4 atom stereocenters. The number of hydrogen-bond donors (Lipinski definition) is 0. The van der Waals surface area contributed by atoms with Gasteiger partial charge in [-0.15, -0.1) is 0 Å². The predicted molar refractivity (Wildman–Crippen MR) is 196 cm³/mol. The van der Waals surface area contributed by atoms with Crippen molar-refractivity contribution in [2.45, 2.75) is 195 Å². The van der Waals surface area contributed by atoms with Crippen LogP contribution in [0.4, 0.5) is 0 Å². The van der Waals surface area contributed by atoms with Gasteiger partial charge in [-0.1, -0.05) is 86.0 Å². The van der Waals surface area contributed by atoms with Gasteiger partial charge in [0.05, 0.1) is 6.61 Å². The van der Waals surface area contributed by atoms with Crippen molar-refractivity contribution in [3.63, 3.8) is 0 Å². The van der Waals surface area contributed by atoms with E-state index >= 15 is 0 Å². The van der Waals surface area contributed by atoms with Gasteiger partial charge in [-0.05, 0) is 121 Å². The number of nitrogens with zero attached hydrogens (tertiary/aromatic N) is 1. The summed E-state index contributed by atoms with van der Waals surface area (Å²) in [7, 11) is 4.06. The van der Waals surface area contributed by atoms with Crippen LogP contribution in [0.2, 0.25) is 0 Å². The number of unbranched alkanes of at least 4 members (excludes halogenated alkanes) is 8. The highest BCUT2D eigenvalue weighted by Gasteiger charge is 2.35. The van der Waals surface area contributed by atoms with Crippen molar-refractivity contribution >= 4 is 17.7 Å². The molecule has 6 heteroatoms. The zero-order valence-electron chi connectivity index (χ0n) is 32.2. The number of rotatable bonds is 29. The van der Waals surface area contributed by atoms with Crippen LogP contribution in [0.1, 0.15) is 189 Å². The summed E-state index contributed by atoms with van der Waals surface area (Å²) in [6, 6.07) is 0. The Bertz CT molecular complexity index is 827. The van der Waals surface area contributed by atoms with Crippen molar-refractivity contribution < 1.29 is 23.9 Å². The lowest BCUT2D eigenvalue weighted by molar-refractivity contribution is -0.150. The molecule has 47 heavy (non-hydrogen) atoms. The molecule has 1 aliphatic rings. The molecule has 1 aliphatic carbocycles. The van der Waals surface area contributed by atoms with Crippen LogP contribution in [0.25, 0.3) is 0 Å². The first-order chi connectivity index (χ1) is 22.4. The molecule has 1 rings (SSSR count). The Labute approximate surface area is 291 Å². The Hall–Kier alpha value is -1.43. The van der Waals surface area contributed by atoms with Crippen molar-refractivity contribution in [1.29, 1.82) is 0 Å². The van der Waals surface area contributed by atoms with Crippen LogP contribution in [-0.4, -0.2) is 56.0 Å². The first kappa shape index (κ1) is 43.6. The Morgan fingerprint density at radius 2 is 1.36 bits per heavy atom. The second-order valence-electron chi connectivity index (χ2n) is 16.3. The van der Waals surface area contributed by atoms with Crippen molar-refractivity contribution in [2.24, 2.45) is 23.2 Å². The summed E-state index contributed by atoms with van der Waals surface area (Å²) in [6.07, 6.45) is 24.3.